The summed E-state index contributed by atoms with van der Waals surface area (Å²) in [5.41, 5.74) is 5.93. The number of benzene rings is 1. The second-order valence-electron chi connectivity index (χ2n) is 3.14. The van der Waals surface area contributed by atoms with Crippen LogP contribution in [0.2, 0.25) is 0 Å². The van der Waals surface area contributed by atoms with Gasteiger partial charge in [0.1, 0.15) is 0 Å². The predicted octanol–water partition coefficient (Wildman–Crippen LogP) is 1.42. The van der Waals surface area contributed by atoms with Gasteiger partial charge in [-0.15, -0.1) is 0 Å². The van der Waals surface area contributed by atoms with Crippen molar-refractivity contribution < 1.29 is 9.59 Å². The number of nitrogens with two attached hydrogens (primary N) is 1. The molecule has 1 aromatic carbocycles. The molecule has 0 aliphatic carbocycles. The Bertz CT molecular complexity index is 426. The number of carbonyl (C=O) groups is 2. The third-order valence-corrected chi connectivity index (χ3v) is 2.15. The summed E-state index contributed by atoms with van der Waals surface area (Å²) in [7, 11) is 0. The highest BCUT2D eigenvalue weighted by atomic mass is 79.9. The minimum Gasteiger partial charge on any atom is -0.366 e. The SMILES string of the molecule is C=C(Br)CNC(=O)c1ccc(C(N)=O)cc1. The number of halogens is 1. The summed E-state index contributed by atoms with van der Waals surface area (Å²) >= 11 is 3.14. The van der Waals surface area contributed by atoms with Crippen LogP contribution in [0, 0.1) is 0 Å². The molecule has 0 aliphatic rings. The molecule has 0 unspecified atom stereocenters. The molecule has 1 rings (SSSR count). The lowest BCUT2D eigenvalue weighted by atomic mass is 10.1. The fourth-order valence-corrected chi connectivity index (χ4v) is 1.20. The molecule has 16 heavy (non-hydrogen) atoms. The summed E-state index contributed by atoms with van der Waals surface area (Å²) in [5.74, 6) is -0.739. The zero-order valence-electron chi connectivity index (χ0n) is 8.50. The summed E-state index contributed by atoms with van der Waals surface area (Å²) in [6.07, 6.45) is 0. The van der Waals surface area contributed by atoms with E-state index in [2.05, 4.69) is 27.8 Å². The van der Waals surface area contributed by atoms with Gasteiger partial charge < -0.3 is 11.1 Å². The molecule has 0 heterocycles. The Hall–Kier alpha value is -1.62. The average molecular weight is 283 g/mol. The molecule has 0 fully saturated rings. The van der Waals surface area contributed by atoms with Crippen molar-refractivity contribution in [3.05, 3.63) is 46.5 Å². The van der Waals surface area contributed by atoms with Crippen LogP contribution in [-0.2, 0) is 0 Å². The van der Waals surface area contributed by atoms with E-state index in [1.54, 1.807) is 12.1 Å². The number of hydrogen-bond donors (Lipinski definition) is 2. The zero-order valence-corrected chi connectivity index (χ0v) is 10.1. The van der Waals surface area contributed by atoms with E-state index in [-0.39, 0.29) is 5.91 Å². The van der Waals surface area contributed by atoms with Gasteiger partial charge in [0.2, 0.25) is 5.91 Å². The van der Waals surface area contributed by atoms with Crippen LogP contribution in [0.25, 0.3) is 0 Å². The van der Waals surface area contributed by atoms with E-state index >= 15 is 0 Å². The van der Waals surface area contributed by atoms with E-state index in [0.717, 1.165) is 0 Å². The van der Waals surface area contributed by atoms with E-state index in [0.29, 0.717) is 22.2 Å². The maximum Gasteiger partial charge on any atom is 0.251 e. The smallest absolute Gasteiger partial charge is 0.251 e. The van der Waals surface area contributed by atoms with Crippen LogP contribution in [0.5, 0.6) is 0 Å². The lowest BCUT2D eigenvalue weighted by Crippen LogP contribution is -2.24. The standard InChI is InChI=1S/C11H11BrN2O2/c1-7(12)6-14-11(16)9-4-2-8(3-5-9)10(13)15/h2-5H,1,6H2,(H2,13,15)(H,14,16). The Morgan fingerprint density at radius 1 is 1.25 bits per heavy atom. The first-order valence-corrected chi connectivity index (χ1v) is 5.31. The van der Waals surface area contributed by atoms with Crippen LogP contribution < -0.4 is 11.1 Å². The van der Waals surface area contributed by atoms with Crippen LogP contribution in [-0.4, -0.2) is 18.4 Å². The molecule has 1 aromatic rings. The second kappa shape index (κ2) is 5.46. The largest absolute Gasteiger partial charge is 0.366 e. The minimum absolute atomic E-state index is 0.225. The molecule has 84 valence electrons. The predicted molar refractivity (Wildman–Crippen MR) is 65.4 cm³/mol. The van der Waals surface area contributed by atoms with Crippen molar-refractivity contribution in [3.8, 4) is 0 Å². The maximum absolute atomic E-state index is 11.5. The fourth-order valence-electron chi connectivity index (χ4n) is 1.06. The van der Waals surface area contributed by atoms with Crippen molar-refractivity contribution in [3.63, 3.8) is 0 Å². The highest BCUT2D eigenvalue weighted by molar-refractivity contribution is 9.11. The van der Waals surface area contributed by atoms with E-state index in [1.807, 2.05) is 0 Å². The van der Waals surface area contributed by atoms with Crippen LogP contribution in [0.1, 0.15) is 20.7 Å². The highest BCUT2D eigenvalue weighted by Gasteiger charge is 2.06. The van der Waals surface area contributed by atoms with Gasteiger partial charge in [0, 0.05) is 22.2 Å². The van der Waals surface area contributed by atoms with Crippen LogP contribution in [0.4, 0.5) is 0 Å². The van der Waals surface area contributed by atoms with E-state index in [1.165, 1.54) is 12.1 Å². The molecule has 0 radical (unpaired) electrons. The van der Waals surface area contributed by atoms with Gasteiger partial charge in [0.15, 0.2) is 0 Å². The molecule has 0 saturated carbocycles. The summed E-state index contributed by atoms with van der Waals surface area (Å²) < 4.78 is 0.689. The lowest BCUT2D eigenvalue weighted by Gasteiger charge is -2.04. The van der Waals surface area contributed by atoms with Crippen LogP contribution in [0.3, 0.4) is 0 Å². The third-order valence-electron chi connectivity index (χ3n) is 1.87. The molecule has 0 spiro atoms. The van der Waals surface area contributed by atoms with Gasteiger partial charge in [-0.3, -0.25) is 9.59 Å². The van der Waals surface area contributed by atoms with Crippen molar-refractivity contribution in [2.75, 3.05) is 6.54 Å². The topological polar surface area (TPSA) is 72.2 Å². The van der Waals surface area contributed by atoms with Crippen molar-refractivity contribution in [1.82, 2.24) is 5.32 Å². The molecule has 4 nitrogen and oxygen atoms in total. The van der Waals surface area contributed by atoms with Gasteiger partial charge >= 0.3 is 0 Å². The van der Waals surface area contributed by atoms with Crippen molar-refractivity contribution in [1.29, 1.82) is 0 Å². The first-order chi connectivity index (χ1) is 7.50. The van der Waals surface area contributed by atoms with Crippen molar-refractivity contribution in [2.45, 2.75) is 0 Å². The average Bonchev–Trinajstić information content (AvgIpc) is 2.26. The van der Waals surface area contributed by atoms with Gasteiger partial charge in [0.05, 0.1) is 0 Å². The Morgan fingerprint density at radius 3 is 2.19 bits per heavy atom. The van der Waals surface area contributed by atoms with E-state index in [4.69, 9.17) is 5.73 Å². The molecule has 2 amide bonds. The number of hydrogen-bond acceptors (Lipinski definition) is 2. The Morgan fingerprint density at radius 2 is 1.75 bits per heavy atom. The summed E-state index contributed by atoms with van der Waals surface area (Å²) in [5, 5.41) is 2.65. The summed E-state index contributed by atoms with van der Waals surface area (Å²) in [4.78, 5) is 22.3. The lowest BCUT2D eigenvalue weighted by molar-refractivity contribution is 0.0954. The molecular formula is C11H11BrN2O2. The zero-order chi connectivity index (χ0) is 12.1. The quantitative estimate of drug-likeness (QED) is 0.877. The van der Waals surface area contributed by atoms with E-state index in [9.17, 15) is 9.59 Å². The van der Waals surface area contributed by atoms with Crippen LogP contribution >= 0.6 is 15.9 Å². The normalized spacial score (nSPS) is 9.56. The molecule has 0 saturated heterocycles. The monoisotopic (exact) mass is 282 g/mol. The molecular weight excluding hydrogens is 272 g/mol. The number of rotatable bonds is 4. The molecule has 0 aliphatic heterocycles. The Labute approximate surface area is 102 Å². The van der Waals surface area contributed by atoms with Gasteiger partial charge in [-0.1, -0.05) is 22.5 Å². The van der Waals surface area contributed by atoms with Gasteiger partial charge in [-0.2, -0.15) is 0 Å². The second-order valence-corrected chi connectivity index (χ2v) is 4.26. The minimum atomic E-state index is -0.513. The third kappa shape index (κ3) is 3.51. The number of carbonyl (C=O) groups excluding carboxylic acids is 2. The summed E-state index contributed by atoms with van der Waals surface area (Å²) in [6, 6.07) is 6.12. The number of nitrogens with one attached hydrogen (secondary N) is 1. The first kappa shape index (κ1) is 12.4. The van der Waals surface area contributed by atoms with Crippen molar-refractivity contribution in [2.24, 2.45) is 5.73 Å². The van der Waals surface area contributed by atoms with Gasteiger partial charge in [-0.05, 0) is 24.3 Å². The van der Waals surface area contributed by atoms with E-state index < -0.39 is 5.91 Å². The molecule has 0 bridgehead atoms. The number of amides is 2. The van der Waals surface area contributed by atoms with Crippen LogP contribution in [0.15, 0.2) is 35.3 Å². The Kier molecular flexibility index (Phi) is 4.25. The highest BCUT2D eigenvalue weighted by Crippen LogP contribution is 2.04. The number of primary amides is 1. The molecule has 0 aromatic heterocycles. The maximum atomic E-state index is 11.5. The molecule has 5 heteroatoms. The fraction of sp³-hybridized carbons (Fsp3) is 0.0909. The van der Waals surface area contributed by atoms with Crippen molar-refractivity contribution >= 4 is 27.7 Å². The molecule has 0 atom stereocenters. The summed E-state index contributed by atoms with van der Waals surface area (Å²) in [6.45, 7) is 3.96. The molecule has 3 N–H and O–H groups in total. The van der Waals surface area contributed by atoms with Gasteiger partial charge in [0.25, 0.3) is 5.91 Å². The Balaban J connectivity index is 2.70. The van der Waals surface area contributed by atoms with Gasteiger partial charge in [-0.25, -0.2) is 0 Å². The first-order valence-electron chi connectivity index (χ1n) is 4.52.